The van der Waals surface area contributed by atoms with Crippen LogP contribution in [0.25, 0.3) is 10.1 Å². The lowest BCUT2D eigenvalue weighted by atomic mass is 9.44. The van der Waals surface area contributed by atoms with Gasteiger partial charge in [0, 0.05) is 21.5 Å². The summed E-state index contributed by atoms with van der Waals surface area (Å²) in [5, 5.41) is 24.6. The maximum absolute atomic E-state index is 13.2. The monoisotopic (exact) mass is 413 g/mol. The van der Waals surface area contributed by atoms with E-state index < -0.39 is 5.97 Å². The predicted molar refractivity (Wildman–Crippen MR) is 114 cm³/mol. The van der Waals surface area contributed by atoms with Gasteiger partial charge in [-0.3, -0.25) is 9.59 Å². The zero-order valence-electron chi connectivity index (χ0n) is 16.7. The minimum Gasteiger partial charge on any atom is -0.508 e. The number of carboxylic acid groups (broad SMARTS) is 1. The van der Waals surface area contributed by atoms with E-state index in [0.717, 1.165) is 29.3 Å². The first-order valence-corrected chi connectivity index (χ1v) is 11.0. The Morgan fingerprint density at radius 3 is 2.79 bits per heavy atom. The molecule has 4 unspecified atom stereocenters. The molecule has 0 spiro atoms. The van der Waals surface area contributed by atoms with Gasteiger partial charge in [0.15, 0.2) is 0 Å². The number of hydrogen-bond acceptors (Lipinski definition) is 4. The van der Waals surface area contributed by atoms with Crippen LogP contribution in [0.1, 0.15) is 49.9 Å². The molecule has 3 fully saturated rings. The molecule has 3 aliphatic rings. The minimum absolute atomic E-state index is 0.0342. The summed E-state index contributed by atoms with van der Waals surface area (Å²) in [6.07, 6.45) is 6.67. The molecule has 1 aromatic carbocycles. The number of phenols is 1. The molecule has 1 amide bonds. The largest absolute Gasteiger partial charge is 0.508 e. The smallest absolute Gasteiger partial charge is 0.307 e. The highest BCUT2D eigenvalue weighted by molar-refractivity contribution is 7.17. The van der Waals surface area contributed by atoms with Gasteiger partial charge in [-0.1, -0.05) is 26.0 Å². The van der Waals surface area contributed by atoms with E-state index in [1.165, 1.54) is 11.3 Å². The van der Waals surface area contributed by atoms with Gasteiger partial charge in [0.25, 0.3) is 5.91 Å². The van der Waals surface area contributed by atoms with E-state index >= 15 is 0 Å². The van der Waals surface area contributed by atoms with E-state index in [9.17, 15) is 14.7 Å². The third-order valence-electron chi connectivity index (χ3n) is 7.07. The number of benzene rings is 1. The minimum atomic E-state index is -0.827. The Bertz CT molecular complexity index is 976. The average molecular weight is 414 g/mol. The Morgan fingerprint density at radius 1 is 1.28 bits per heavy atom. The molecule has 5 rings (SSSR count). The van der Waals surface area contributed by atoms with Crippen molar-refractivity contribution in [1.82, 2.24) is 5.32 Å². The van der Waals surface area contributed by atoms with Gasteiger partial charge in [0.1, 0.15) is 5.75 Å². The molecular formula is C23H27NO4S. The lowest BCUT2D eigenvalue weighted by Gasteiger charge is -2.62. The topological polar surface area (TPSA) is 86.6 Å². The van der Waals surface area contributed by atoms with Crippen LogP contribution < -0.4 is 5.32 Å². The quantitative estimate of drug-likeness (QED) is 0.593. The Morgan fingerprint density at radius 2 is 2.07 bits per heavy atom. The van der Waals surface area contributed by atoms with E-state index in [0.29, 0.717) is 23.3 Å². The highest BCUT2D eigenvalue weighted by Gasteiger charge is 2.57. The molecule has 6 heteroatoms. The van der Waals surface area contributed by atoms with Gasteiger partial charge in [0.2, 0.25) is 0 Å². The second kappa shape index (κ2) is 7.48. The highest BCUT2D eigenvalue weighted by Crippen LogP contribution is 2.61. The van der Waals surface area contributed by atoms with Crippen molar-refractivity contribution in [3.8, 4) is 5.75 Å². The molecule has 0 saturated heterocycles. The zero-order valence-corrected chi connectivity index (χ0v) is 17.5. The number of nitrogens with one attached hydrogen (secondary N) is 1. The highest BCUT2D eigenvalue weighted by atomic mass is 32.1. The van der Waals surface area contributed by atoms with Crippen molar-refractivity contribution in [2.24, 2.45) is 23.2 Å². The summed E-state index contributed by atoms with van der Waals surface area (Å²) >= 11 is 1.51. The molecule has 29 heavy (non-hydrogen) atoms. The molecule has 5 nitrogen and oxygen atoms in total. The number of carboxylic acids is 1. The molecule has 0 aliphatic heterocycles. The van der Waals surface area contributed by atoms with E-state index in [-0.39, 0.29) is 29.5 Å². The third-order valence-corrected chi connectivity index (χ3v) is 8.04. The first-order chi connectivity index (χ1) is 13.8. The van der Waals surface area contributed by atoms with Crippen molar-refractivity contribution in [1.29, 1.82) is 0 Å². The van der Waals surface area contributed by atoms with Crippen LogP contribution in [0, 0.1) is 23.2 Å². The van der Waals surface area contributed by atoms with Gasteiger partial charge in [-0.05, 0) is 60.6 Å². The first kappa shape index (κ1) is 20.0. The Kier molecular flexibility index (Phi) is 5.15. The Labute approximate surface area is 174 Å². The van der Waals surface area contributed by atoms with Crippen LogP contribution in [0.2, 0.25) is 0 Å². The van der Waals surface area contributed by atoms with Crippen molar-refractivity contribution >= 4 is 33.3 Å². The van der Waals surface area contributed by atoms with Crippen LogP contribution in [0.3, 0.4) is 0 Å². The molecule has 1 heterocycles. The normalized spacial score (nSPS) is 27.7. The number of phenolic OH excluding ortho intramolecular Hbond substituents is 1. The fourth-order valence-electron chi connectivity index (χ4n) is 5.24. The summed E-state index contributed by atoms with van der Waals surface area (Å²) in [6, 6.07) is 5.20. The van der Waals surface area contributed by atoms with Gasteiger partial charge >= 0.3 is 5.97 Å². The number of carbonyl (C=O) groups is 2. The number of amides is 1. The predicted octanol–water partition coefficient (Wildman–Crippen LogP) is 4.81. The van der Waals surface area contributed by atoms with E-state index in [2.05, 4.69) is 19.2 Å². The van der Waals surface area contributed by atoms with Crippen molar-refractivity contribution in [2.75, 3.05) is 0 Å². The summed E-state index contributed by atoms with van der Waals surface area (Å²) in [5.41, 5.74) is 0.828. The molecular weight excluding hydrogens is 386 g/mol. The van der Waals surface area contributed by atoms with Gasteiger partial charge in [-0.25, -0.2) is 0 Å². The fraction of sp³-hybridized carbons (Fsp3) is 0.478. The van der Waals surface area contributed by atoms with Crippen LogP contribution in [-0.4, -0.2) is 28.1 Å². The zero-order chi connectivity index (χ0) is 20.8. The number of hydrogen-bond donors (Lipinski definition) is 3. The maximum Gasteiger partial charge on any atom is 0.307 e. The molecule has 3 aliphatic carbocycles. The number of allylic oxidation sites excluding steroid dienone is 1. The number of carbonyl (C=O) groups excluding carboxylic acids is 1. The number of fused-ring (bicyclic) bond motifs is 3. The average Bonchev–Trinajstić information content (AvgIpc) is 3.08. The summed E-state index contributed by atoms with van der Waals surface area (Å²) < 4.78 is 0.980. The van der Waals surface area contributed by atoms with Crippen molar-refractivity contribution < 1.29 is 19.8 Å². The second-order valence-corrected chi connectivity index (χ2v) is 9.90. The van der Waals surface area contributed by atoms with E-state index in [4.69, 9.17) is 5.11 Å². The van der Waals surface area contributed by atoms with Crippen LogP contribution in [0.15, 0.2) is 35.7 Å². The lowest BCUT2D eigenvalue weighted by Crippen LogP contribution is -2.63. The summed E-state index contributed by atoms with van der Waals surface area (Å²) in [7, 11) is 0. The molecule has 3 saturated carbocycles. The SMILES string of the molecule is CC1(C)C2CC(CC=CCC(=O)O)C(NC(=O)c3csc4ccc(O)cc34)C1C2. The molecule has 0 radical (unpaired) electrons. The number of aromatic hydroxyl groups is 1. The Balaban J connectivity index is 1.54. The van der Waals surface area contributed by atoms with Gasteiger partial charge in [-0.15, -0.1) is 11.3 Å². The fourth-order valence-corrected chi connectivity index (χ4v) is 6.17. The number of aliphatic carboxylic acids is 1. The van der Waals surface area contributed by atoms with Crippen LogP contribution in [0.4, 0.5) is 0 Å². The first-order valence-electron chi connectivity index (χ1n) is 10.1. The summed E-state index contributed by atoms with van der Waals surface area (Å²) in [5.74, 6) is 0.656. The number of rotatable bonds is 6. The van der Waals surface area contributed by atoms with E-state index in [1.807, 2.05) is 17.5 Å². The molecule has 2 bridgehead atoms. The van der Waals surface area contributed by atoms with Gasteiger partial charge < -0.3 is 15.5 Å². The molecule has 3 N–H and O–H groups in total. The van der Waals surface area contributed by atoms with Crippen LogP contribution in [0.5, 0.6) is 5.75 Å². The third kappa shape index (κ3) is 3.66. The standard InChI is InChI=1S/C23H27NO4S/c1-23(2)14-9-13(5-3-4-6-20(26)27)21(18(23)10-14)24-22(28)17-12-29-19-8-7-15(25)11-16(17)19/h3-4,7-8,11-14,18,21,25H,5-6,9-10H2,1-2H3,(H,24,28)(H,26,27). The van der Waals surface area contributed by atoms with Crippen LogP contribution >= 0.6 is 11.3 Å². The summed E-state index contributed by atoms with van der Waals surface area (Å²) in [6.45, 7) is 4.58. The second-order valence-electron chi connectivity index (χ2n) is 8.99. The van der Waals surface area contributed by atoms with Crippen LogP contribution in [-0.2, 0) is 4.79 Å². The molecule has 1 aromatic heterocycles. The van der Waals surface area contributed by atoms with Crippen molar-refractivity contribution in [2.45, 2.75) is 45.6 Å². The molecule has 154 valence electrons. The van der Waals surface area contributed by atoms with Crippen molar-refractivity contribution in [3.05, 3.63) is 41.3 Å². The van der Waals surface area contributed by atoms with Gasteiger partial charge in [-0.2, -0.15) is 0 Å². The molecule has 4 atom stereocenters. The maximum atomic E-state index is 13.2. The molecule has 2 aromatic rings. The van der Waals surface area contributed by atoms with E-state index in [1.54, 1.807) is 18.2 Å². The van der Waals surface area contributed by atoms with Crippen molar-refractivity contribution in [3.63, 3.8) is 0 Å². The van der Waals surface area contributed by atoms with Gasteiger partial charge in [0.05, 0.1) is 12.0 Å². The summed E-state index contributed by atoms with van der Waals surface area (Å²) in [4.78, 5) is 23.9. The Hall–Kier alpha value is -2.34. The lowest BCUT2D eigenvalue weighted by molar-refractivity contribution is -0.136. The number of thiophene rings is 1.